The minimum atomic E-state index is -4.93. The van der Waals surface area contributed by atoms with Crippen LogP contribution in [0.5, 0.6) is 0 Å². The van der Waals surface area contributed by atoms with E-state index in [-0.39, 0.29) is 6.54 Å². The summed E-state index contributed by atoms with van der Waals surface area (Å²) in [6.07, 6.45) is 1.05. The Hall–Kier alpha value is -0.510. The molecule has 0 aromatic rings. The zero-order valence-corrected chi connectivity index (χ0v) is 11.1. The lowest BCUT2D eigenvalue weighted by Gasteiger charge is -2.23. The first-order valence-electron chi connectivity index (χ1n) is 5.18. The van der Waals surface area contributed by atoms with Crippen LogP contribution in [-0.4, -0.2) is 59.8 Å². The van der Waals surface area contributed by atoms with Gasteiger partial charge in [0.25, 0.3) is 10.1 Å². The fraction of sp³-hybridized carbons (Fsp3) is 0.857. The van der Waals surface area contributed by atoms with Crippen molar-refractivity contribution in [3.05, 3.63) is 0 Å². The molecule has 0 saturated heterocycles. The maximum absolute atomic E-state index is 11.1. The average Bonchev–Trinajstić information content (AvgIpc) is 2.11. The van der Waals surface area contributed by atoms with E-state index in [1.54, 1.807) is 0 Å². The highest BCUT2D eigenvalue weighted by Crippen LogP contribution is 2.45. The number of aliphatic imine (C=N–C) groups is 1. The Kier molecular flexibility index (Phi) is 5.26. The molecule has 2 atom stereocenters. The Morgan fingerprint density at radius 3 is 2.67 bits per heavy atom. The smallest absolute Gasteiger partial charge is 0.346 e. The number of hydrogen-bond acceptors (Lipinski definition) is 6. The van der Waals surface area contributed by atoms with Gasteiger partial charge >= 0.3 is 7.60 Å². The molecule has 0 fully saturated rings. The third-order valence-corrected chi connectivity index (χ3v) is 5.88. The second-order valence-electron chi connectivity index (χ2n) is 3.89. The zero-order valence-electron chi connectivity index (χ0n) is 9.43. The van der Waals surface area contributed by atoms with E-state index >= 15 is 0 Å². The molecular formula is C7H16N3O6PS. The molecule has 0 radical (unpaired) electrons. The summed E-state index contributed by atoms with van der Waals surface area (Å²) in [6, 6.07) is -0.525. The largest absolute Gasteiger partial charge is 0.375 e. The van der Waals surface area contributed by atoms with Crippen LogP contribution >= 0.6 is 7.60 Å². The van der Waals surface area contributed by atoms with Crippen LogP contribution in [0.1, 0.15) is 6.42 Å². The lowest BCUT2D eigenvalue weighted by atomic mass is 10.2. The first-order chi connectivity index (χ1) is 8.21. The van der Waals surface area contributed by atoms with Gasteiger partial charge in [0, 0.05) is 19.1 Å². The molecule has 0 aromatic heterocycles. The van der Waals surface area contributed by atoms with Gasteiger partial charge in [0.2, 0.25) is 0 Å². The van der Waals surface area contributed by atoms with Crippen molar-refractivity contribution in [2.24, 2.45) is 4.99 Å². The third kappa shape index (κ3) is 5.01. The van der Waals surface area contributed by atoms with Crippen molar-refractivity contribution in [2.45, 2.75) is 17.5 Å². The third-order valence-electron chi connectivity index (χ3n) is 2.42. The molecule has 0 amide bonds. The van der Waals surface area contributed by atoms with E-state index in [2.05, 4.69) is 15.6 Å². The van der Waals surface area contributed by atoms with E-state index < -0.39 is 35.2 Å². The summed E-state index contributed by atoms with van der Waals surface area (Å²) in [5.74, 6) is 0. The fourth-order valence-corrected chi connectivity index (χ4v) is 3.95. The summed E-state index contributed by atoms with van der Waals surface area (Å²) >= 11 is 0. The van der Waals surface area contributed by atoms with E-state index in [0.717, 1.165) is 0 Å². The van der Waals surface area contributed by atoms with Crippen LogP contribution in [0.3, 0.4) is 0 Å². The van der Waals surface area contributed by atoms with Crippen LogP contribution in [0, 0.1) is 0 Å². The number of hydrogen-bond donors (Lipinski definition) is 5. The van der Waals surface area contributed by atoms with Gasteiger partial charge in [-0.15, -0.1) is 0 Å². The highest BCUT2D eigenvalue weighted by molar-refractivity contribution is 7.93. The zero-order chi connectivity index (χ0) is 13.8. The van der Waals surface area contributed by atoms with Crippen LogP contribution < -0.4 is 10.6 Å². The lowest BCUT2D eigenvalue weighted by Crippen LogP contribution is -2.42. The second kappa shape index (κ2) is 6.09. The van der Waals surface area contributed by atoms with Gasteiger partial charge in [-0.05, 0) is 6.42 Å². The van der Waals surface area contributed by atoms with Gasteiger partial charge < -0.3 is 20.4 Å². The monoisotopic (exact) mass is 301 g/mol. The SMILES string of the molecule is O=P(O)(O)C(CC1CN=CNCCN1)S(=O)(=O)O. The quantitative estimate of drug-likeness (QED) is 0.306. The summed E-state index contributed by atoms with van der Waals surface area (Å²) in [5.41, 5.74) is 0. The number of rotatable bonds is 4. The predicted molar refractivity (Wildman–Crippen MR) is 65.2 cm³/mol. The van der Waals surface area contributed by atoms with Gasteiger partial charge in [-0.25, -0.2) is 0 Å². The van der Waals surface area contributed by atoms with E-state index in [1.165, 1.54) is 6.34 Å². The molecule has 1 heterocycles. The standard InChI is InChI=1S/C7H16N3O6PS/c11-17(12,13)7(18(14,15)16)3-6-4-9-5-8-1-2-10-6/h5-7,10H,1-4H2,(H,8,9)(H2,11,12,13)(H,14,15,16). The molecule has 0 aliphatic carbocycles. The minimum Gasteiger partial charge on any atom is -0.375 e. The first kappa shape index (κ1) is 15.5. The summed E-state index contributed by atoms with van der Waals surface area (Å²) < 4.78 is 41.9. The van der Waals surface area contributed by atoms with Crippen molar-refractivity contribution in [1.82, 2.24) is 10.6 Å². The molecule has 5 N–H and O–H groups in total. The molecular weight excluding hydrogens is 285 g/mol. The van der Waals surface area contributed by atoms with Crippen molar-refractivity contribution in [3.63, 3.8) is 0 Å². The molecule has 106 valence electrons. The molecule has 0 aromatic carbocycles. The molecule has 2 unspecified atom stereocenters. The van der Waals surface area contributed by atoms with Crippen LogP contribution in [-0.2, 0) is 14.7 Å². The van der Waals surface area contributed by atoms with Crippen molar-refractivity contribution < 1.29 is 27.3 Å². The fourth-order valence-electron chi connectivity index (χ4n) is 1.56. The molecule has 9 nitrogen and oxygen atoms in total. The molecule has 1 rings (SSSR count). The summed E-state index contributed by atoms with van der Waals surface area (Å²) in [6.45, 7) is 1.22. The van der Waals surface area contributed by atoms with Crippen molar-refractivity contribution >= 4 is 24.1 Å². The van der Waals surface area contributed by atoms with Gasteiger partial charge in [0.05, 0.1) is 12.9 Å². The van der Waals surface area contributed by atoms with Gasteiger partial charge in [0.15, 0.2) is 4.99 Å². The lowest BCUT2D eigenvalue weighted by molar-refractivity contribution is 0.353. The summed E-state index contributed by atoms with van der Waals surface area (Å²) in [4.78, 5) is 19.7. The first-order valence-corrected chi connectivity index (χ1v) is 8.36. The summed E-state index contributed by atoms with van der Waals surface area (Å²) in [5, 5.41) is 5.75. The average molecular weight is 301 g/mol. The van der Waals surface area contributed by atoms with E-state index in [9.17, 15) is 13.0 Å². The molecule has 1 aliphatic heterocycles. The molecule has 0 bridgehead atoms. The van der Waals surface area contributed by atoms with Crippen LogP contribution in [0.15, 0.2) is 4.99 Å². The van der Waals surface area contributed by atoms with Crippen LogP contribution in [0.25, 0.3) is 0 Å². The highest BCUT2D eigenvalue weighted by atomic mass is 32.2. The minimum absolute atomic E-state index is 0.166. The van der Waals surface area contributed by atoms with E-state index in [4.69, 9.17) is 14.3 Å². The Balaban J connectivity index is 2.80. The van der Waals surface area contributed by atoms with Crippen LogP contribution in [0.2, 0.25) is 0 Å². The topological polar surface area (TPSA) is 148 Å². The molecule has 0 saturated carbocycles. The van der Waals surface area contributed by atoms with Gasteiger partial charge in [-0.3, -0.25) is 14.1 Å². The van der Waals surface area contributed by atoms with Crippen LogP contribution in [0.4, 0.5) is 0 Å². The Morgan fingerprint density at radius 1 is 1.44 bits per heavy atom. The summed E-state index contributed by atoms with van der Waals surface area (Å²) in [7, 11) is -9.75. The van der Waals surface area contributed by atoms with Gasteiger partial charge in [-0.2, -0.15) is 8.42 Å². The molecule has 0 spiro atoms. The molecule has 1 aliphatic rings. The number of nitrogens with one attached hydrogen (secondary N) is 2. The second-order valence-corrected chi connectivity index (χ2v) is 7.64. The molecule has 18 heavy (non-hydrogen) atoms. The molecule has 11 heteroatoms. The van der Waals surface area contributed by atoms with Crippen molar-refractivity contribution in [3.8, 4) is 0 Å². The Bertz CT molecular complexity index is 446. The Labute approximate surface area is 105 Å². The van der Waals surface area contributed by atoms with E-state index in [1.807, 2.05) is 0 Å². The number of nitrogens with zero attached hydrogens (tertiary/aromatic N) is 1. The van der Waals surface area contributed by atoms with Gasteiger partial charge in [-0.1, -0.05) is 0 Å². The van der Waals surface area contributed by atoms with Crippen molar-refractivity contribution in [2.75, 3.05) is 19.6 Å². The van der Waals surface area contributed by atoms with Crippen molar-refractivity contribution in [1.29, 1.82) is 0 Å². The Morgan fingerprint density at radius 2 is 2.11 bits per heavy atom. The normalized spacial score (nSPS) is 23.8. The maximum Gasteiger partial charge on any atom is 0.346 e. The maximum atomic E-state index is 11.1. The highest BCUT2D eigenvalue weighted by Gasteiger charge is 2.41. The van der Waals surface area contributed by atoms with Gasteiger partial charge in [0.1, 0.15) is 0 Å². The van der Waals surface area contributed by atoms with E-state index in [0.29, 0.717) is 13.1 Å². The predicted octanol–water partition coefficient (Wildman–Crippen LogP) is -1.64.